The molecule has 0 saturated carbocycles. The van der Waals surface area contributed by atoms with E-state index in [0.717, 1.165) is 0 Å². The first-order chi connectivity index (χ1) is 10.2. The standard InChI is InChI=1S/C8H8.C6H11NO.C4H6O2/c1-2-8-6-4-3-5-7-8;1-4-6(8)7-5(2)3;1-3(2)4(5)6/h2-7H,1H2;4-5H,1H2,2-3H3,(H,7,8);1H2,2H3,(H,5,6). The van der Waals surface area contributed by atoms with Crippen LogP contribution in [-0.4, -0.2) is 23.0 Å². The highest BCUT2D eigenvalue weighted by Crippen LogP contribution is 1.97. The lowest BCUT2D eigenvalue weighted by Crippen LogP contribution is -2.27. The van der Waals surface area contributed by atoms with Crippen LogP contribution in [0.5, 0.6) is 0 Å². The predicted octanol–water partition coefficient (Wildman–Crippen LogP) is 3.67. The van der Waals surface area contributed by atoms with Gasteiger partial charge in [0.2, 0.25) is 5.91 Å². The summed E-state index contributed by atoms with van der Waals surface area (Å²) in [6.07, 6.45) is 3.10. The molecule has 1 amide bonds. The molecule has 2 N–H and O–H groups in total. The van der Waals surface area contributed by atoms with Gasteiger partial charge in [0.25, 0.3) is 0 Å². The molecule has 0 fully saturated rings. The van der Waals surface area contributed by atoms with Crippen molar-refractivity contribution < 1.29 is 14.7 Å². The molecule has 120 valence electrons. The van der Waals surface area contributed by atoms with Gasteiger partial charge in [-0.05, 0) is 32.4 Å². The quantitative estimate of drug-likeness (QED) is 0.834. The van der Waals surface area contributed by atoms with E-state index in [1.165, 1.54) is 18.6 Å². The zero-order chi connectivity index (χ0) is 17.5. The Morgan fingerprint density at radius 1 is 1.18 bits per heavy atom. The number of nitrogens with one attached hydrogen (secondary N) is 1. The average molecular weight is 303 g/mol. The van der Waals surface area contributed by atoms with Crippen LogP contribution in [-0.2, 0) is 9.59 Å². The minimum atomic E-state index is -0.935. The Balaban J connectivity index is 0. The van der Waals surface area contributed by atoms with Crippen molar-refractivity contribution in [1.82, 2.24) is 5.32 Å². The fraction of sp³-hybridized carbons (Fsp3) is 0.222. The molecule has 0 aliphatic carbocycles. The molecule has 0 heterocycles. The van der Waals surface area contributed by atoms with Crippen molar-refractivity contribution in [3.8, 4) is 0 Å². The lowest BCUT2D eigenvalue weighted by Gasteiger charge is -2.02. The second kappa shape index (κ2) is 13.4. The summed E-state index contributed by atoms with van der Waals surface area (Å²) in [5, 5.41) is 10.5. The van der Waals surface area contributed by atoms with Gasteiger partial charge < -0.3 is 10.4 Å². The van der Waals surface area contributed by atoms with Crippen molar-refractivity contribution in [2.24, 2.45) is 0 Å². The van der Waals surface area contributed by atoms with E-state index in [1.54, 1.807) is 0 Å². The Morgan fingerprint density at radius 2 is 1.64 bits per heavy atom. The monoisotopic (exact) mass is 303 g/mol. The highest BCUT2D eigenvalue weighted by molar-refractivity contribution is 5.87. The molecule has 1 aromatic rings. The molecule has 0 radical (unpaired) electrons. The van der Waals surface area contributed by atoms with Gasteiger partial charge in [-0.1, -0.05) is 56.1 Å². The highest BCUT2D eigenvalue weighted by atomic mass is 16.4. The molecule has 0 saturated heterocycles. The summed E-state index contributed by atoms with van der Waals surface area (Å²) in [6, 6.07) is 10.2. The fourth-order valence-electron chi connectivity index (χ4n) is 0.933. The van der Waals surface area contributed by atoms with Crippen LogP contribution >= 0.6 is 0 Å². The smallest absolute Gasteiger partial charge is 0.330 e. The molecular weight excluding hydrogens is 278 g/mol. The SMILES string of the molecule is C=C(C)C(=O)O.C=CC(=O)NC(C)C.C=Cc1ccccc1. The van der Waals surface area contributed by atoms with Crippen LogP contribution < -0.4 is 5.32 Å². The minimum Gasteiger partial charge on any atom is -0.478 e. The predicted molar refractivity (Wildman–Crippen MR) is 92.5 cm³/mol. The van der Waals surface area contributed by atoms with Gasteiger partial charge in [0.15, 0.2) is 0 Å². The van der Waals surface area contributed by atoms with Gasteiger partial charge in [-0.25, -0.2) is 4.79 Å². The second-order valence-corrected chi connectivity index (χ2v) is 4.57. The third-order valence-electron chi connectivity index (χ3n) is 2.02. The Bertz CT molecular complexity index is 478. The number of carbonyl (C=O) groups is 2. The summed E-state index contributed by atoms with van der Waals surface area (Å²) >= 11 is 0. The summed E-state index contributed by atoms with van der Waals surface area (Å²) in [6.45, 7) is 15.3. The Hall–Kier alpha value is -2.62. The Labute approximate surface area is 132 Å². The van der Waals surface area contributed by atoms with Crippen LogP contribution in [0.3, 0.4) is 0 Å². The van der Waals surface area contributed by atoms with Crippen molar-refractivity contribution in [3.63, 3.8) is 0 Å². The van der Waals surface area contributed by atoms with E-state index in [9.17, 15) is 9.59 Å². The van der Waals surface area contributed by atoms with E-state index in [2.05, 4.69) is 25.1 Å². The summed E-state index contributed by atoms with van der Waals surface area (Å²) in [4.78, 5) is 20.0. The van der Waals surface area contributed by atoms with Crippen molar-refractivity contribution in [2.75, 3.05) is 0 Å². The summed E-state index contributed by atoms with van der Waals surface area (Å²) < 4.78 is 0. The molecule has 0 unspecified atom stereocenters. The number of carboxylic acids is 1. The average Bonchev–Trinajstić information content (AvgIpc) is 2.48. The third kappa shape index (κ3) is 15.4. The number of rotatable bonds is 4. The zero-order valence-electron chi connectivity index (χ0n) is 13.5. The molecular formula is C18H25NO3. The minimum absolute atomic E-state index is 0.111. The molecule has 1 rings (SSSR count). The van der Waals surface area contributed by atoms with Gasteiger partial charge in [0, 0.05) is 11.6 Å². The maximum Gasteiger partial charge on any atom is 0.330 e. The lowest BCUT2D eigenvalue weighted by molar-refractivity contribution is -0.132. The van der Waals surface area contributed by atoms with Gasteiger partial charge >= 0.3 is 5.97 Å². The third-order valence-corrected chi connectivity index (χ3v) is 2.02. The zero-order valence-corrected chi connectivity index (χ0v) is 13.5. The normalized spacial score (nSPS) is 8.36. The highest BCUT2D eigenvalue weighted by Gasteiger charge is 1.93. The molecule has 4 nitrogen and oxygen atoms in total. The van der Waals surface area contributed by atoms with E-state index >= 15 is 0 Å². The summed E-state index contributed by atoms with van der Waals surface area (Å²) in [7, 11) is 0. The molecule has 0 spiro atoms. The van der Waals surface area contributed by atoms with Crippen molar-refractivity contribution in [2.45, 2.75) is 26.8 Å². The Kier molecular flexibility index (Phi) is 13.2. The number of carboxylic acid groups (broad SMARTS) is 1. The molecule has 1 aromatic carbocycles. The molecule has 0 aliphatic rings. The second-order valence-electron chi connectivity index (χ2n) is 4.57. The molecule has 0 bridgehead atoms. The molecule has 4 heteroatoms. The number of aliphatic carboxylic acids is 1. The van der Waals surface area contributed by atoms with Crippen molar-refractivity contribution in [1.29, 1.82) is 0 Å². The van der Waals surface area contributed by atoms with Gasteiger partial charge in [0.1, 0.15) is 0 Å². The molecule has 22 heavy (non-hydrogen) atoms. The Morgan fingerprint density at radius 3 is 1.82 bits per heavy atom. The number of hydrogen-bond donors (Lipinski definition) is 2. The summed E-state index contributed by atoms with van der Waals surface area (Å²) in [5.74, 6) is -1.05. The first-order valence-electron chi connectivity index (χ1n) is 6.73. The maximum absolute atomic E-state index is 10.4. The van der Waals surface area contributed by atoms with Gasteiger partial charge in [0.05, 0.1) is 0 Å². The van der Waals surface area contributed by atoms with Crippen LogP contribution in [0, 0.1) is 0 Å². The van der Waals surface area contributed by atoms with E-state index in [4.69, 9.17) is 5.11 Å². The molecule has 0 atom stereocenters. The number of benzene rings is 1. The number of carbonyl (C=O) groups excluding carboxylic acids is 1. The largest absolute Gasteiger partial charge is 0.478 e. The fourth-order valence-corrected chi connectivity index (χ4v) is 0.933. The van der Waals surface area contributed by atoms with Crippen molar-refractivity contribution in [3.05, 3.63) is 67.3 Å². The van der Waals surface area contributed by atoms with Crippen LogP contribution in [0.1, 0.15) is 26.3 Å². The maximum atomic E-state index is 10.4. The van der Waals surface area contributed by atoms with Gasteiger partial charge in [-0.3, -0.25) is 4.79 Å². The number of hydrogen-bond acceptors (Lipinski definition) is 2. The van der Waals surface area contributed by atoms with Crippen LogP contribution in [0.4, 0.5) is 0 Å². The van der Waals surface area contributed by atoms with E-state index in [-0.39, 0.29) is 17.5 Å². The van der Waals surface area contributed by atoms with Crippen LogP contribution in [0.2, 0.25) is 0 Å². The van der Waals surface area contributed by atoms with Gasteiger partial charge in [-0.15, -0.1) is 0 Å². The van der Waals surface area contributed by atoms with Crippen LogP contribution in [0.25, 0.3) is 6.08 Å². The van der Waals surface area contributed by atoms with E-state index in [1.807, 2.05) is 50.3 Å². The summed E-state index contributed by atoms with van der Waals surface area (Å²) in [5.41, 5.74) is 1.35. The molecule has 0 aromatic heterocycles. The van der Waals surface area contributed by atoms with E-state index in [0.29, 0.717) is 0 Å². The first kappa shape index (κ1) is 21.7. The van der Waals surface area contributed by atoms with E-state index < -0.39 is 5.97 Å². The molecule has 0 aliphatic heterocycles. The first-order valence-corrected chi connectivity index (χ1v) is 6.73. The van der Waals surface area contributed by atoms with Crippen LogP contribution in [0.15, 0.2) is 61.7 Å². The van der Waals surface area contributed by atoms with Crippen molar-refractivity contribution >= 4 is 18.0 Å². The number of amides is 1. The lowest BCUT2D eigenvalue weighted by atomic mass is 10.2. The topological polar surface area (TPSA) is 66.4 Å². The van der Waals surface area contributed by atoms with Gasteiger partial charge in [-0.2, -0.15) is 0 Å².